The van der Waals surface area contributed by atoms with Crippen LogP contribution in [0.15, 0.2) is 48.8 Å². The van der Waals surface area contributed by atoms with Gasteiger partial charge in [-0.15, -0.1) is 0 Å². The summed E-state index contributed by atoms with van der Waals surface area (Å²) in [4.78, 5) is 30.1. The van der Waals surface area contributed by atoms with E-state index in [0.717, 1.165) is 25.0 Å². The first-order valence-corrected chi connectivity index (χ1v) is 9.24. The molecule has 1 fully saturated rings. The van der Waals surface area contributed by atoms with Crippen LogP contribution in [0.5, 0.6) is 0 Å². The second-order valence-electron chi connectivity index (χ2n) is 6.89. The number of piperidine rings is 1. The molecule has 2 N–H and O–H groups in total. The molecule has 6 nitrogen and oxygen atoms in total. The van der Waals surface area contributed by atoms with Gasteiger partial charge in [-0.3, -0.25) is 9.78 Å². The summed E-state index contributed by atoms with van der Waals surface area (Å²) in [5, 5.41) is 5.11. The van der Waals surface area contributed by atoms with Crippen molar-refractivity contribution < 1.29 is 22.8 Å². The normalized spacial score (nSPS) is 15.1. The number of hydrogen-bond donors (Lipinski definition) is 2. The predicted molar refractivity (Wildman–Crippen MR) is 101 cm³/mol. The number of hydrogen-bond acceptors (Lipinski definition) is 3. The summed E-state index contributed by atoms with van der Waals surface area (Å²) in [7, 11) is 0. The Morgan fingerprint density at radius 2 is 1.79 bits per heavy atom. The van der Waals surface area contributed by atoms with Crippen LogP contribution in [0.4, 0.5) is 23.7 Å². The maximum atomic E-state index is 12.7. The Hall–Kier alpha value is -3.10. The topological polar surface area (TPSA) is 74.3 Å². The molecular formula is C20H21F3N4O2. The van der Waals surface area contributed by atoms with Crippen molar-refractivity contribution in [1.29, 1.82) is 0 Å². The van der Waals surface area contributed by atoms with Crippen molar-refractivity contribution in [1.82, 2.24) is 15.2 Å². The van der Waals surface area contributed by atoms with Crippen LogP contribution in [0, 0.1) is 5.92 Å². The molecule has 0 radical (unpaired) electrons. The number of pyridine rings is 1. The number of nitrogens with zero attached hydrogens (tertiary/aromatic N) is 2. The van der Waals surface area contributed by atoms with Gasteiger partial charge in [-0.05, 0) is 49.1 Å². The number of carbonyl (C=O) groups is 2. The molecule has 9 heteroatoms. The molecular weight excluding hydrogens is 385 g/mol. The van der Waals surface area contributed by atoms with Crippen molar-refractivity contribution in [2.24, 2.45) is 5.92 Å². The van der Waals surface area contributed by atoms with Crippen LogP contribution in [-0.4, -0.2) is 41.5 Å². The number of nitrogens with one attached hydrogen (secondary N) is 2. The Kier molecular flexibility index (Phi) is 6.36. The van der Waals surface area contributed by atoms with E-state index in [9.17, 15) is 22.8 Å². The molecule has 2 aromatic rings. The van der Waals surface area contributed by atoms with Crippen LogP contribution in [0.1, 0.15) is 28.8 Å². The Morgan fingerprint density at radius 1 is 1.10 bits per heavy atom. The molecule has 1 saturated heterocycles. The van der Waals surface area contributed by atoms with Gasteiger partial charge in [0, 0.05) is 43.3 Å². The number of aromatic nitrogens is 1. The molecule has 154 valence electrons. The molecule has 29 heavy (non-hydrogen) atoms. The number of halogens is 3. The van der Waals surface area contributed by atoms with E-state index in [1.165, 1.54) is 12.1 Å². The maximum Gasteiger partial charge on any atom is 0.416 e. The molecule has 3 rings (SSSR count). The minimum absolute atomic E-state index is 0.0406. The van der Waals surface area contributed by atoms with Gasteiger partial charge in [0.05, 0.1) is 5.56 Å². The number of alkyl halides is 3. The van der Waals surface area contributed by atoms with Crippen molar-refractivity contribution in [2.45, 2.75) is 19.0 Å². The van der Waals surface area contributed by atoms with E-state index >= 15 is 0 Å². The zero-order chi connectivity index (χ0) is 20.9. The van der Waals surface area contributed by atoms with Crippen LogP contribution < -0.4 is 10.6 Å². The summed E-state index contributed by atoms with van der Waals surface area (Å²) < 4.78 is 38.2. The summed E-state index contributed by atoms with van der Waals surface area (Å²) in [6, 6.07) is 7.28. The molecule has 1 aromatic heterocycles. The summed E-state index contributed by atoms with van der Waals surface area (Å²) in [6.07, 6.45) is 0.164. The molecule has 0 unspecified atom stereocenters. The molecule has 0 atom stereocenters. The lowest BCUT2D eigenvalue weighted by atomic mass is 9.96. The quantitative estimate of drug-likeness (QED) is 0.812. The standard InChI is InChI=1S/C20H21F3N4O2/c21-20(22,23)16-2-1-3-17(12-16)26-19(29)25-13-14-6-10-27(11-7-14)18(28)15-4-8-24-9-5-15/h1-5,8-9,12,14H,6-7,10-11,13H2,(H2,25,26,29). The highest BCUT2D eigenvalue weighted by atomic mass is 19.4. The Bertz CT molecular complexity index is 850. The van der Waals surface area contributed by atoms with E-state index < -0.39 is 17.8 Å². The molecule has 2 heterocycles. The van der Waals surface area contributed by atoms with E-state index in [4.69, 9.17) is 0 Å². The summed E-state index contributed by atoms with van der Waals surface area (Å²) in [6.45, 7) is 1.56. The maximum absolute atomic E-state index is 12.7. The number of urea groups is 1. The van der Waals surface area contributed by atoms with Gasteiger partial charge in [0.25, 0.3) is 5.91 Å². The minimum Gasteiger partial charge on any atom is -0.339 e. The minimum atomic E-state index is -4.46. The molecule has 3 amide bonds. The summed E-state index contributed by atoms with van der Waals surface area (Å²) in [5.74, 6) is 0.157. The molecule has 0 aliphatic carbocycles. The van der Waals surface area contributed by atoms with Crippen molar-refractivity contribution in [3.05, 3.63) is 59.9 Å². The highest BCUT2D eigenvalue weighted by Crippen LogP contribution is 2.30. The van der Waals surface area contributed by atoms with E-state index in [-0.39, 0.29) is 17.5 Å². The molecule has 0 saturated carbocycles. The van der Waals surface area contributed by atoms with Crippen molar-refractivity contribution in [3.63, 3.8) is 0 Å². The molecule has 0 bridgehead atoms. The third-order valence-corrected chi connectivity index (χ3v) is 4.83. The first-order valence-electron chi connectivity index (χ1n) is 9.24. The monoisotopic (exact) mass is 406 g/mol. The SMILES string of the molecule is O=C(NCC1CCN(C(=O)c2ccncc2)CC1)Nc1cccc(C(F)(F)F)c1. The highest BCUT2D eigenvalue weighted by molar-refractivity contribution is 5.94. The first kappa shape index (κ1) is 20.6. The third-order valence-electron chi connectivity index (χ3n) is 4.83. The van der Waals surface area contributed by atoms with Gasteiger partial charge < -0.3 is 15.5 Å². The van der Waals surface area contributed by atoms with Crippen LogP contribution in [0.2, 0.25) is 0 Å². The molecule has 1 aliphatic heterocycles. The van der Waals surface area contributed by atoms with E-state index in [2.05, 4.69) is 15.6 Å². The predicted octanol–water partition coefficient (Wildman–Crippen LogP) is 3.77. The lowest BCUT2D eigenvalue weighted by molar-refractivity contribution is -0.137. The molecule has 0 spiro atoms. The second-order valence-corrected chi connectivity index (χ2v) is 6.89. The number of benzene rings is 1. The number of anilines is 1. The summed E-state index contributed by atoms with van der Waals surface area (Å²) in [5.41, 5.74) is -0.145. The van der Waals surface area contributed by atoms with Crippen LogP contribution >= 0.6 is 0 Å². The van der Waals surface area contributed by atoms with Crippen molar-refractivity contribution in [3.8, 4) is 0 Å². The van der Waals surface area contributed by atoms with Crippen LogP contribution in [-0.2, 0) is 6.18 Å². The van der Waals surface area contributed by atoms with Crippen molar-refractivity contribution >= 4 is 17.6 Å². The first-order chi connectivity index (χ1) is 13.8. The zero-order valence-electron chi connectivity index (χ0n) is 15.6. The largest absolute Gasteiger partial charge is 0.416 e. The van der Waals surface area contributed by atoms with Gasteiger partial charge >= 0.3 is 12.2 Å². The van der Waals surface area contributed by atoms with Gasteiger partial charge in [-0.2, -0.15) is 13.2 Å². The second kappa shape index (κ2) is 8.93. The highest BCUT2D eigenvalue weighted by Gasteiger charge is 2.30. The van der Waals surface area contributed by atoms with Gasteiger partial charge in [0.2, 0.25) is 0 Å². The summed E-state index contributed by atoms with van der Waals surface area (Å²) >= 11 is 0. The van der Waals surface area contributed by atoms with Gasteiger partial charge in [0.1, 0.15) is 0 Å². The Balaban J connectivity index is 1.43. The lowest BCUT2D eigenvalue weighted by Crippen LogP contribution is -2.42. The van der Waals surface area contributed by atoms with E-state index in [1.807, 2.05) is 0 Å². The molecule has 1 aliphatic rings. The van der Waals surface area contributed by atoms with Gasteiger partial charge in [-0.25, -0.2) is 4.79 Å². The van der Waals surface area contributed by atoms with E-state index in [1.54, 1.807) is 29.4 Å². The van der Waals surface area contributed by atoms with Gasteiger partial charge in [-0.1, -0.05) is 6.07 Å². The zero-order valence-corrected chi connectivity index (χ0v) is 15.6. The average molecular weight is 406 g/mol. The lowest BCUT2D eigenvalue weighted by Gasteiger charge is -2.32. The fourth-order valence-electron chi connectivity index (χ4n) is 3.20. The number of rotatable bonds is 4. The fourth-order valence-corrected chi connectivity index (χ4v) is 3.20. The number of likely N-dealkylation sites (tertiary alicyclic amines) is 1. The Morgan fingerprint density at radius 3 is 2.45 bits per heavy atom. The van der Waals surface area contributed by atoms with Crippen molar-refractivity contribution in [2.75, 3.05) is 25.0 Å². The van der Waals surface area contributed by atoms with Gasteiger partial charge in [0.15, 0.2) is 0 Å². The third kappa shape index (κ3) is 5.69. The number of carbonyl (C=O) groups excluding carboxylic acids is 2. The molecule has 1 aromatic carbocycles. The number of amides is 3. The average Bonchev–Trinajstić information content (AvgIpc) is 2.72. The van der Waals surface area contributed by atoms with E-state index in [0.29, 0.717) is 25.2 Å². The van der Waals surface area contributed by atoms with Crippen LogP contribution in [0.25, 0.3) is 0 Å². The smallest absolute Gasteiger partial charge is 0.339 e. The Labute approximate surface area is 166 Å². The fraction of sp³-hybridized carbons (Fsp3) is 0.350. The van der Waals surface area contributed by atoms with Crippen LogP contribution in [0.3, 0.4) is 0 Å².